The first-order valence-corrected chi connectivity index (χ1v) is 29.5. The Morgan fingerprint density at radius 2 is 0.936 bits per heavy atom. The van der Waals surface area contributed by atoms with Crippen LogP contribution in [0.2, 0.25) is 0 Å². The van der Waals surface area contributed by atoms with E-state index in [1.54, 1.807) is 0 Å². The van der Waals surface area contributed by atoms with E-state index in [0.717, 1.165) is 82.3 Å². The van der Waals surface area contributed by atoms with Gasteiger partial charge in [-0.2, -0.15) is 0 Å². The average Bonchev–Trinajstić information content (AvgIpc) is 3.75. The minimum absolute atomic E-state index is 0.0117. The highest BCUT2D eigenvalue weighted by molar-refractivity contribution is 7.25. The van der Waals surface area contributed by atoms with Gasteiger partial charge < -0.3 is 14.7 Å². The summed E-state index contributed by atoms with van der Waals surface area (Å²) in [5, 5.41) is 2.41. The largest absolute Gasteiger partial charge is 0.311 e. The van der Waals surface area contributed by atoms with Crippen LogP contribution in [0.15, 0.2) is 152 Å². The molecule has 0 atom stereocenters. The molecule has 0 spiro atoms. The molecule has 0 bridgehead atoms. The summed E-state index contributed by atoms with van der Waals surface area (Å²) in [6, 6.07) is 57.4. The fourth-order valence-electron chi connectivity index (χ4n) is 14.0. The highest BCUT2D eigenvalue weighted by Gasteiger charge is 2.47. The van der Waals surface area contributed by atoms with Gasteiger partial charge in [0.25, 0.3) is 6.71 Å². The van der Waals surface area contributed by atoms with Crippen molar-refractivity contribution < 1.29 is 4.11 Å². The van der Waals surface area contributed by atoms with E-state index in [9.17, 15) is 4.11 Å². The number of rotatable bonds is 5. The molecule has 13 rings (SSSR count). The molecule has 0 unspecified atom stereocenters. The van der Waals surface area contributed by atoms with Gasteiger partial charge in [-0.1, -0.05) is 158 Å². The Morgan fingerprint density at radius 1 is 0.449 bits per heavy atom. The lowest BCUT2D eigenvalue weighted by Gasteiger charge is -2.48. The normalized spacial score (nSPS) is 18.3. The standard InChI is InChI=1S/C73H78BN3S/c1-45-38-63-67-64(39-45)77(51-28-31-55-56(41-51)71(10,11)35-34-70(55,8)9)62-44-58-57(72(12,13)36-37-73(58,14)15)43-60(62)74(67)59-32-29-52(42-61(59)76(63)50-30-33-66-54(40-50)53-18-16-17-19-65(53)78-66)75(48-24-20-46(21-25-48)68(2,3)4)49-26-22-47(23-27-49)69(5,6)7/h16-33,38-44H,34-37H2,1-15H3/i1D3. The van der Waals surface area contributed by atoms with Crippen LogP contribution >= 0.6 is 11.3 Å². The van der Waals surface area contributed by atoms with Crippen molar-refractivity contribution in [2.75, 3.05) is 14.7 Å². The maximum absolute atomic E-state index is 9.36. The fourth-order valence-corrected chi connectivity index (χ4v) is 15.1. The maximum atomic E-state index is 9.36. The number of thiophene rings is 1. The van der Waals surface area contributed by atoms with Gasteiger partial charge in [-0.15, -0.1) is 11.3 Å². The monoisotopic (exact) mass is 1040 g/mol. The number of benzene rings is 8. The summed E-state index contributed by atoms with van der Waals surface area (Å²) in [5.74, 6) is 0. The van der Waals surface area contributed by atoms with Crippen LogP contribution in [0.25, 0.3) is 20.2 Å². The Balaban J connectivity index is 1.14. The van der Waals surface area contributed by atoms with Crippen molar-refractivity contribution in [3.63, 3.8) is 0 Å². The van der Waals surface area contributed by atoms with Crippen LogP contribution in [0.4, 0.5) is 51.2 Å². The second-order valence-corrected chi connectivity index (χ2v) is 29.3. The van der Waals surface area contributed by atoms with Crippen LogP contribution in [0.1, 0.15) is 166 Å². The lowest BCUT2D eigenvalue weighted by molar-refractivity contribution is 0.332. The van der Waals surface area contributed by atoms with Crippen LogP contribution in [0.3, 0.4) is 0 Å². The van der Waals surface area contributed by atoms with Crippen molar-refractivity contribution in [3.05, 3.63) is 191 Å². The molecule has 1 aromatic heterocycles. The van der Waals surface area contributed by atoms with E-state index in [1.807, 2.05) is 23.5 Å². The first-order chi connectivity index (χ1) is 38.0. The van der Waals surface area contributed by atoms with E-state index >= 15 is 0 Å². The van der Waals surface area contributed by atoms with Gasteiger partial charge in [0.05, 0.1) is 0 Å². The summed E-state index contributed by atoms with van der Waals surface area (Å²) >= 11 is 1.82. The molecule has 394 valence electrons. The minimum atomic E-state index is -2.41. The van der Waals surface area contributed by atoms with E-state index in [0.29, 0.717) is 5.56 Å². The molecule has 0 saturated heterocycles. The second kappa shape index (κ2) is 17.2. The molecule has 3 heterocycles. The zero-order valence-corrected chi connectivity index (χ0v) is 49.4. The molecule has 0 radical (unpaired) electrons. The Hall–Kier alpha value is -6.56. The minimum Gasteiger partial charge on any atom is -0.311 e. The molecular weight excluding hydrogens is 962 g/mol. The molecule has 9 aromatic rings. The zero-order valence-electron chi connectivity index (χ0n) is 51.6. The van der Waals surface area contributed by atoms with E-state index in [1.165, 1.54) is 64.5 Å². The quantitative estimate of drug-likeness (QED) is 0.159. The number of hydrogen-bond donors (Lipinski definition) is 0. The van der Waals surface area contributed by atoms with Gasteiger partial charge in [0.1, 0.15) is 0 Å². The summed E-state index contributed by atoms with van der Waals surface area (Å²) in [5.41, 5.74) is 21.1. The van der Waals surface area contributed by atoms with Gasteiger partial charge >= 0.3 is 0 Å². The van der Waals surface area contributed by atoms with Crippen LogP contribution < -0.4 is 31.1 Å². The third-order valence-electron chi connectivity index (χ3n) is 19.0. The maximum Gasteiger partial charge on any atom is 0.252 e. The van der Waals surface area contributed by atoms with Gasteiger partial charge in [-0.25, -0.2) is 0 Å². The van der Waals surface area contributed by atoms with Crippen molar-refractivity contribution in [1.82, 2.24) is 0 Å². The van der Waals surface area contributed by atoms with Crippen molar-refractivity contribution >= 4 is 106 Å². The predicted octanol–water partition coefficient (Wildman–Crippen LogP) is 19.2. The lowest BCUT2D eigenvalue weighted by atomic mass is 9.33. The average molecular weight is 1040 g/mol. The SMILES string of the molecule is [2H]C([2H])([2H])c1cc2c3c(c1)N(c1ccc4c(c1)C(C)(C)CCC4(C)C)c1cc4c(cc1B3c1ccc(N(c3ccc(C(C)(C)C)cc3)c3ccc(C(C)(C)C)cc3)cc1N2c1ccc2sc3ccccc3c2c1)C(C)(C)CCC4(C)C. The second-order valence-electron chi connectivity index (χ2n) is 28.2. The molecule has 0 fully saturated rings. The third kappa shape index (κ3) is 8.02. The molecule has 2 aliphatic heterocycles. The summed E-state index contributed by atoms with van der Waals surface area (Å²) in [6.45, 7) is 30.3. The Kier molecular flexibility index (Phi) is 10.5. The summed E-state index contributed by atoms with van der Waals surface area (Å²) < 4.78 is 30.5. The summed E-state index contributed by atoms with van der Waals surface area (Å²) in [4.78, 5) is 7.31. The van der Waals surface area contributed by atoms with Crippen LogP contribution in [0.5, 0.6) is 0 Å². The van der Waals surface area contributed by atoms with Crippen molar-refractivity contribution in [2.24, 2.45) is 0 Å². The molecule has 2 aliphatic carbocycles. The predicted molar refractivity (Wildman–Crippen MR) is 341 cm³/mol. The molecule has 5 heteroatoms. The molecule has 78 heavy (non-hydrogen) atoms. The zero-order chi connectivity index (χ0) is 57.3. The first-order valence-electron chi connectivity index (χ1n) is 30.2. The molecule has 0 amide bonds. The molecular formula is C73H78BN3S. The van der Waals surface area contributed by atoms with Gasteiger partial charge in [0.15, 0.2) is 0 Å². The third-order valence-corrected chi connectivity index (χ3v) is 20.1. The van der Waals surface area contributed by atoms with Gasteiger partial charge in [0, 0.05) is 75.5 Å². The Bertz CT molecular complexity index is 3980. The molecule has 0 N–H and O–H groups in total. The Labute approximate surface area is 474 Å². The molecule has 4 aliphatic rings. The van der Waals surface area contributed by atoms with Gasteiger partial charge in [-0.05, 0) is 211 Å². The molecule has 0 saturated carbocycles. The highest BCUT2D eigenvalue weighted by Crippen LogP contribution is 2.54. The molecule has 3 nitrogen and oxygen atoms in total. The smallest absolute Gasteiger partial charge is 0.252 e. The van der Waals surface area contributed by atoms with Crippen LogP contribution in [0, 0.1) is 6.85 Å². The molecule has 8 aromatic carbocycles. The number of aryl methyl sites for hydroxylation is 1. The first kappa shape index (κ1) is 47.4. The van der Waals surface area contributed by atoms with E-state index in [4.69, 9.17) is 0 Å². The number of nitrogens with zero attached hydrogens (tertiary/aromatic N) is 3. The highest BCUT2D eigenvalue weighted by atomic mass is 32.1. The van der Waals surface area contributed by atoms with E-state index in [2.05, 4.69) is 251 Å². The van der Waals surface area contributed by atoms with Crippen molar-refractivity contribution in [3.8, 4) is 0 Å². The fraction of sp³-hybridized carbons (Fsp3) is 0.342. The topological polar surface area (TPSA) is 9.72 Å². The number of anilines is 9. The van der Waals surface area contributed by atoms with Crippen LogP contribution in [-0.4, -0.2) is 6.71 Å². The van der Waals surface area contributed by atoms with Gasteiger partial charge in [0.2, 0.25) is 0 Å². The van der Waals surface area contributed by atoms with E-state index < -0.39 is 6.85 Å². The van der Waals surface area contributed by atoms with E-state index in [-0.39, 0.29) is 39.2 Å². The Morgan fingerprint density at radius 3 is 1.51 bits per heavy atom. The number of hydrogen-bond acceptors (Lipinski definition) is 4. The lowest BCUT2D eigenvalue weighted by Crippen LogP contribution is -2.62. The van der Waals surface area contributed by atoms with Crippen molar-refractivity contribution in [1.29, 1.82) is 0 Å². The number of fused-ring (bicyclic) bond motifs is 9. The van der Waals surface area contributed by atoms with Crippen LogP contribution in [-0.2, 0) is 32.5 Å². The van der Waals surface area contributed by atoms with Crippen molar-refractivity contribution in [2.45, 2.75) is 162 Å². The summed E-state index contributed by atoms with van der Waals surface area (Å²) in [6.07, 6.45) is 4.39. The van der Waals surface area contributed by atoms with Gasteiger partial charge in [-0.3, -0.25) is 0 Å². The summed E-state index contributed by atoms with van der Waals surface area (Å²) in [7, 11) is 0.